The van der Waals surface area contributed by atoms with Gasteiger partial charge in [-0.15, -0.1) is 0 Å². The highest BCUT2D eigenvalue weighted by atomic mass is 16.6. The Hall–Kier alpha value is -2.66. The van der Waals surface area contributed by atoms with Gasteiger partial charge in [-0.25, -0.2) is 4.79 Å². The molecule has 0 aromatic heterocycles. The van der Waals surface area contributed by atoms with E-state index in [9.17, 15) is 20.0 Å². The molecule has 1 aromatic rings. The summed E-state index contributed by atoms with van der Waals surface area (Å²) in [6, 6.07) is 3.79. The standard InChI is InChI=1S/C10H8N2O6/c1-18-7-3-2-5(9(13)10(14)15)8(12(16)17)6(7)4-11/h2-3,9,13H,1H3,(H,14,15). The predicted octanol–water partition coefficient (Wildman–Crippen LogP) is 0.593. The van der Waals surface area contributed by atoms with E-state index in [2.05, 4.69) is 0 Å². The summed E-state index contributed by atoms with van der Waals surface area (Å²) in [5.41, 5.74) is -1.67. The molecule has 0 heterocycles. The number of methoxy groups -OCH3 is 1. The zero-order valence-electron chi connectivity index (χ0n) is 9.15. The topological polar surface area (TPSA) is 134 Å². The lowest BCUT2D eigenvalue weighted by Gasteiger charge is -2.10. The molecule has 0 saturated carbocycles. The van der Waals surface area contributed by atoms with Crippen LogP contribution in [0.25, 0.3) is 0 Å². The van der Waals surface area contributed by atoms with Crippen LogP contribution in [0, 0.1) is 21.4 Å². The first-order valence-electron chi connectivity index (χ1n) is 4.60. The Morgan fingerprint density at radius 2 is 2.22 bits per heavy atom. The lowest BCUT2D eigenvalue weighted by atomic mass is 10.0. The van der Waals surface area contributed by atoms with Crippen LogP contribution in [0.5, 0.6) is 5.75 Å². The lowest BCUT2D eigenvalue weighted by molar-refractivity contribution is -0.386. The van der Waals surface area contributed by atoms with Gasteiger partial charge in [0.15, 0.2) is 11.7 Å². The number of aliphatic hydroxyl groups excluding tert-OH is 1. The van der Waals surface area contributed by atoms with Crippen LogP contribution < -0.4 is 4.74 Å². The SMILES string of the molecule is COc1ccc(C(O)C(=O)O)c([N+](=O)[O-])c1C#N. The van der Waals surface area contributed by atoms with Crippen LogP contribution in [0.1, 0.15) is 17.2 Å². The molecule has 0 saturated heterocycles. The number of nitro benzene ring substituents is 1. The summed E-state index contributed by atoms with van der Waals surface area (Å²) >= 11 is 0. The summed E-state index contributed by atoms with van der Waals surface area (Å²) < 4.78 is 4.77. The molecule has 0 bridgehead atoms. The van der Waals surface area contributed by atoms with Crippen LogP contribution in [-0.4, -0.2) is 28.2 Å². The van der Waals surface area contributed by atoms with E-state index in [1.807, 2.05) is 0 Å². The first kappa shape index (κ1) is 13.4. The predicted molar refractivity (Wildman–Crippen MR) is 57.0 cm³/mol. The minimum Gasteiger partial charge on any atom is -0.495 e. The van der Waals surface area contributed by atoms with E-state index in [4.69, 9.17) is 15.1 Å². The Morgan fingerprint density at radius 3 is 2.61 bits per heavy atom. The smallest absolute Gasteiger partial charge is 0.337 e. The van der Waals surface area contributed by atoms with Crippen LogP contribution >= 0.6 is 0 Å². The zero-order chi connectivity index (χ0) is 13.9. The highest BCUT2D eigenvalue weighted by molar-refractivity contribution is 5.77. The van der Waals surface area contributed by atoms with E-state index in [1.54, 1.807) is 6.07 Å². The summed E-state index contributed by atoms with van der Waals surface area (Å²) in [5, 5.41) is 37.8. The van der Waals surface area contributed by atoms with Gasteiger partial charge in [-0.2, -0.15) is 5.26 Å². The van der Waals surface area contributed by atoms with Gasteiger partial charge in [0.1, 0.15) is 11.8 Å². The highest BCUT2D eigenvalue weighted by Gasteiger charge is 2.31. The van der Waals surface area contributed by atoms with Crippen molar-refractivity contribution in [1.29, 1.82) is 5.26 Å². The van der Waals surface area contributed by atoms with E-state index >= 15 is 0 Å². The van der Waals surface area contributed by atoms with Crippen LogP contribution in [0.3, 0.4) is 0 Å². The van der Waals surface area contributed by atoms with Gasteiger partial charge in [0.05, 0.1) is 17.6 Å². The molecule has 1 atom stereocenters. The second kappa shape index (κ2) is 5.11. The van der Waals surface area contributed by atoms with Crippen molar-refractivity contribution in [3.8, 4) is 11.8 Å². The average Bonchev–Trinajstić information content (AvgIpc) is 2.35. The molecule has 1 unspecified atom stereocenters. The number of carboxylic acids is 1. The van der Waals surface area contributed by atoms with Gasteiger partial charge < -0.3 is 14.9 Å². The Bertz CT molecular complexity index is 548. The van der Waals surface area contributed by atoms with Crippen molar-refractivity contribution in [2.45, 2.75) is 6.10 Å². The number of aliphatic hydroxyl groups is 1. The number of nitriles is 1. The molecule has 0 aliphatic carbocycles. The Balaban J connectivity index is 3.60. The minimum absolute atomic E-state index is 0.0643. The van der Waals surface area contributed by atoms with Crippen LogP contribution in [0.4, 0.5) is 5.69 Å². The third-order valence-electron chi connectivity index (χ3n) is 2.21. The molecule has 18 heavy (non-hydrogen) atoms. The maximum atomic E-state index is 10.9. The molecule has 0 aliphatic heterocycles. The normalized spacial score (nSPS) is 11.4. The number of nitrogens with zero attached hydrogens (tertiary/aromatic N) is 2. The molecule has 0 fully saturated rings. The fraction of sp³-hybridized carbons (Fsp3) is 0.200. The third kappa shape index (κ3) is 2.21. The van der Waals surface area contributed by atoms with Gasteiger partial charge >= 0.3 is 5.97 Å². The van der Waals surface area contributed by atoms with Gasteiger partial charge in [0.2, 0.25) is 0 Å². The Morgan fingerprint density at radius 1 is 1.61 bits per heavy atom. The quantitative estimate of drug-likeness (QED) is 0.591. The van der Waals surface area contributed by atoms with Gasteiger partial charge in [-0.1, -0.05) is 0 Å². The number of carboxylic acid groups (broad SMARTS) is 1. The van der Waals surface area contributed by atoms with Crippen molar-refractivity contribution in [3.05, 3.63) is 33.4 Å². The molecular weight excluding hydrogens is 244 g/mol. The summed E-state index contributed by atoms with van der Waals surface area (Å²) in [7, 11) is 1.22. The van der Waals surface area contributed by atoms with Crippen molar-refractivity contribution in [2.24, 2.45) is 0 Å². The Labute approximate surface area is 101 Å². The number of benzene rings is 1. The Kier molecular flexibility index (Phi) is 3.81. The minimum atomic E-state index is -2.08. The first-order valence-corrected chi connectivity index (χ1v) is 4.60. The first-order chi connectivity index (χ1) is 8.43. The number of rotatable bonds is 4. The molecule has 0 spiro atoms. The van der Waals surface area contributed by atoms with Crippen molar-refractivity contribution in [3.63, 3.8) is 0 Å². The van der Waals surface area contributed by atoms with E-state index < -0.39 is 33.8 Å². The monoisotopic (exact) mass is 252 g/mol. The summed E-state index contributed by atoms with van der Waals surface area (Å²) in [5.74, 6) is -1.71. The summed E-state index contributed by atoms with van der Waals surface area (Å²) in [6.45, 7) is 0. The second-order valence-corrected chi connectivity index (χ2v) is 3.19. The van der Waals surface area contributed by atoms with E-state index in [-0.39, 0.29) is 5.75 Å². The molecular formula is C10H8N2O6. The third-order valence-corrected chi connectivity index (χ3v) is 2.21. The zero-order valence-corrected chi connectivity index (χ0v) is 9.15. The van der Waals surface area contributed by atoms with Crippen LogP contribution in [0.15, 0.2) is 12.1 Å². The maximum Gasteiger partial charge on any atom is 0.337 e. The number of nitro groups is 1. The molecule has 2 N–H and O–H groups in total. The van der Waals surface area contributed by atoms with E-state index in [0.29, 0.717) is 0 Å². The lowest BCUT2D eigenvalue weighted by Crippen LogP contribution is -2.13. The van der Waals surface area contributed by atoms with Crippen molar-refractivity contribution in [2.75, 3.05) is 7.11 Å². The highest BCUT2D eigenvalue weighted by Crippen LogP contribution is 2.34. The molecule has 94 valence electrons. The molecule has 1 aromatic carbocycles. The molecule has 0 aliphatic rings. The van der Waals surface area contributed by atoms with Gasteiger partial charge in [0, 0.05) is 0 Å². The fourth-order valence-electron chi connectivity index (χ4n) is 1.42. The van der Waals surface area contributed by atoms with Crippen LogP contribution in [-0.2, 0) is 4.79 Å². The number of carbonyl (C=O) groups is 1. The second-order valence-electron chi connectivity index (χ2n) is 3.19. The molecule has 0 amide bonds. The maximum absolute atomic E-state index is 10.9. The van der Waals surface area contributed by atoms with Gasteiger partial charge in [0.25, 0.3) is 5.69 Å². The summed E-state index contributed by atoms with van der Waals surface area (Å²) in [6.07, 6.45) is -2.08. The molecule has 8 heteroatoms. The van der Waals surface area contributed by atoms with Crippen molar-refractivity contribution in [1.82, 2.24) is 0 Å². The number of hydrogen-bond donors (Lipinski definition) is 2. The van der Waals surface area contributed by atoms with Crippen molar-refractivity contribution >= 4 is 11.7 Å². The fourth-order valence-corrected chi connectivity index (χ4v) is 1.42. The average molecular weight is 252 g/mol. The van der Waals surface area contributed by atoms with E-state index in [0.717, 1.165) is 6.07 Å². The van der Waals surface area contributed by atoms with Crippen LogP contribution in [0.2, 0.25) is 0 Å². The summed E-state index contributed by atoms with van der Waals surface area (Å²) in [4.78, 5) is 20.6. The molecule has 8 nitrogen and oxygen atoms in total. The number of ether oxygens (including phenoxy) is 1. The largest absolute Gasteiger partial charge is 0.495 e. The van der Waals surface area contributed by atoms with Crippen molar-refractivity contribution < 1.29 is 24.7 Å². The molecule has 1 rings (SSSR count). The number of aliphatic carboxylic acids is 1. The van der Waals surface area contributed by atoms with E-state index in [1.165, 1.54) is 13.2 Å². The molecule has 0 radical (unpaired) electrons. The van der Waals surface area contributed by atoms with Gasteiger partial charge in [-0.3, -0.25) is 10.1 Å². The number of hydrogen-bond acceptors (Lipinski definition) is 6. The van der Waals surface area contributed by atoms with Gasteiger partial charge in [-0.05, 0) is 12.1 Å².